The van der Waals surface area contributed by atoms with Gasteiger partial charge in [0, 0.05) is 27.0 Å². The predicted molar refractivity (Wildman–Crippen MR) is 162 cm³/mol. The number of halogens is 3. The van der Waals surface area contributed by atoms with E-state index in [-0.39, 0.29) is 16.5 Å². The molecule has 1 aliphatic heterocycles. The Hall–Kier alpha value is -3.41. The zero-order valence-corrected chi connectivity index (χ0v) is 25.0. The Labute approximate surface area is 257 Å². The Morgan fingerprint density at radius 3 is 2.54 bits per heavy atom. The number of benzene rings is 2. The first-order valence-electron chi connectivity index (χ1n) is 12.1. The number of fused-ring (bicyclic) bond motifs is 1. The van der Waals surface area contributed by atoms with Crippen molar-refractivity contribution >= 4 is 86.1 Å². The summed E-state index contributed by atoms with van der Waals surface area (Å²) in [5, 5.41) is 21.9. The van der Waals surface area contributed by atoms with Gasteiger partial charge in [-0.2, -0.15) is 0 Å². The number of hydrogen-bond donors (Lipinski definition) is 1. The number of imidazole rings is 1. The Bertz CT molecular complexity index is 1870. The van der Waals surface area contributed by atoms with Gasteiger partial charge in [0.15, 0.2) is 10.1 Å². The van der Waals surface area contributed by atoms with Gasteiger partial charge in [0.05, 0.1) is 17.3 Å². The van der Waals surface area contributed by atoms with Crippen LogP contribution in [0.4, 0.5) is 5.13 Å². The Morgan fingerprint density at radius 2 is 1.78 bits per heavy atom. The van der Waals surface area contributed by atoms with Crippen molar-refractivity contribution < 1.29 is 14.7 Å². The highest BCUT2D eigenvalue weighted by Gasteiger charge is 2.48. The standard InChI is InChI=1S/C28H18Cl3N5O3S2/c1-14-22(35-11-3-2-4-20(35)32-14)24(37)21-23(15-5-8-17(29)9-6-15)36(26(39)25(21)38)27-33-34-28(41-27)40-13-16-7-10-18(30)12-19(16)31/h2-12,23,37H,13H2,1H3. The first kappa shape index (κ1) is 27.7. The van der Waals surface area contributed by atoms with Crippen molar-refractivity contribution in [3.05, 3.63) is 110 Å². The number of aryl methyl sites for hydroxylation is 1. The van der Waals surface area contributed by atoms with Crippen LogP contribution in [0.25, 0.3) is 11.4 Å². The maximum absolute atomic E-state index is 13.6. The first-order chi connectivity index (χ1) is 19.7. The molecule has 0 radical (unpaired) electrons. The lowest BCUT2D eigenvalue weighted by Crippen LogP contribution is -2.29. The molecule has 0 bridgehead atoms. The molecule has 0 saturated carbocycles. The average molecular weight is 643 g/mol. The molecule has 1 fully saturated rings. The molecular formula is C28H18Cl3N5O3S2. The lowest BCUT2D eigenvalue weighted by atomic mass is 9.96. The van der Waals surface area contributed by atoms with Crippen LogP contribution >= 0.6 is 57.9 Å². The summed E-state index contributed by atoms with van der Waals surface area (Å²) >= 11 is 21.0. The van der Waals surface area contributed by atoms with Gasteiger partial charge in [-0.15, -0.1) is 10.2 Å². The monoisotopic (exact) mass is 641 g/mol. The second kappa shape index (κ2) is 11.1. The second-order valence-corrected chi connectivity index (χ2v) is 12.5. The topological polar surface area (TPSA) is 101 Å². The van der Waals surface area contributed by atoms with E-state index in [2.05, 4.69) is 15.2 Å². The summed E-state index contributed by atoms with van der Waals surface area (Å²) in [6, 6.07) is 16.4. The SMILES string of the molecule is Cc1nc2ccccn2c1C(O)=C1C(=O)C(=O)N(c2nnc(SCc3ccc(Cl)cc3Cl)s2)C1c1ccc(Cl)cc1. The number of Topliss-reactive ketones (excluding diaryl/α,β-unsaturated/α-hetero) is 1. The van der Waals surface area contributed by atoms with E-state index in [1.807, 2.05) is 12.1 Å². The van der Waals surface area contributed by atoms with Gasteiger partial charge >= 0.3 is 5.91 Å². The number of ketones is 1. The molecule has 1 amide bonds. The normalized spacial score (nSPS) is 16.7. The number of aliphatic hydroxyl groups is 1. The first-order valence-corrected chi connectivity index (χ1v) is 15.1. The minimum atomic E-state index is -0.975. The van der Waals surface area contributed by atoms with E-state index in [0.29, 0.717) is 47.8 Å². The molecular weight excluding hydrogens is 625 g/mol. The number of pyridine rings is 1. The summed E-state index contributed by atoms with van der Waals surface area (Å²) in [6.07, 6.45) is 1.74. The highest BCUT2D eigenvalue weighted by atomic mass is 35.5. The molecule has 13 heteroatoms. The fourth-order valence-electron chi connectivity index (χ4n) is 4.65. The van der Waals surface area contributed by atoms with Crippen molar-refractivity contribution in [3.63, 3.8) is 0 Å². The van der Waals surface area contributed by atoms with Crippen LogP contribution in [-0.4, -0.2) is 36.4 Å². The maximum Gasteiger partial charge on any atom is 0.301 e. The molecule has 0 aliphatic carbocycles. The number of aliphatic hydroxyl groups excluding tert-OH is 1. The van der Waals surface area contributed by atoms with E-state index in [9.17, 15) is 14.7 Å². The molecule has 4 heterocycles. The Balaban J connectivity index is 1.42. The smallest absolute Gasteiger partial charge is 0.301 e. The number of anilines is 1. The molecule has 3 aromatic heterocycles. The van der Waals surface area contributed by atoms with E-state index in [4.69, 9.17) is 34.8 Å². The fourth-order valence-corrected chi connectivity index (χ4v) is 7.21. The minimum Gasteiger partial charge on any atom is -0.505 e. The third-order valence-corrected chi connectivity index (χ3v) is 9.47. The van der Waals surface area contributed by atoms with E-state index in [0.717, 1.165) is 16.9 Å². The molecule has 41 heavy (non-hydrogen) atoms. The third kappa shape index (κ3) is 5.11. The van der Waals surface area contributed by atoms with Gasteiger partial charge in [-0.3, -0.25) is 18.9 Å². The zero-order chi connectivity index (χ0) is 28.8. The molecule has 6 rings (SSSR count). The lowest BCUT2D eigenvalue weighted by molar-refractivity contribution is -0.132. The van der Waals surface area contributed by atoms with E-state index in [1.165, 1.54) is 16.7 Å². The van der Waals surface area contributed by atoms with Gasteiger partial charge in [-0.05, 0) is 54.4 Å². The van der Waals surface area contributed by atoms with Crippen molar-refractivity contribution in [2.75, 3.05) is 4.90 Å². The van der Waals surface area contributed by atoms with Crippen LogP contribution in [0.1, 0.15) is 28.6 Å². The van der Waals surface area contributed by atoms with Crippen LogP contribution in [0.15, 0.2) is 76.8 Å². The van der Waals surface area contributed by atoms with E-state index in [1.54, 1.807) is 66.1 Å². The van der Waals surface area contributed by atoms with Gasteiger partial charge in [0.25, 0.3) is 5.78 Å². The molecule has 1 N–H and O–H groups in total. The van der Waals surface area contributed by atoms with Crippen molar-refractivity contribution in [1.29, 1.82) is 0 Å². The lowest BCUT2D eigenvalue weighted by Gasteiger charge is -2.22. The van der Waals surface area contributed by atoms with Crippen molar-refractivity contribution in [2.45, 2.75) is 23.1 Å². The van der Waals surface area contributed by atoms with Crippen molar-refractivity contribution in [2.24, 2.45) is 0 Å². The Morgan fingerprint density at radius 1 is 1.02 bits per heavy atom. The number of aromatic nitrogens is 4. The van der Waals surface area contributed by atoms with Gasteiger partial charge in [0.2, 0.25) is 5.13 Å². The Kier molecular flexibility index (Phi) is 7.52. The third-order valence-electron chi connectivity index (χ3n) is 6.53. The fraction of sp³-hybridized carbons (Fsp3) is 0.107. The summed E-state index contributed by atoms with van der Waals surface area (Å²) < 4.78 is 2.25. The number of rotatable bonds is 6. The summed E-state index contributed by atoms with van der Waals surface area (Å²) in [5.74, 6) is -1.51. The summed E-state index contributed by atoms with van der Waals surface area (Å²) in [7, 11) is 0. The largest absolute Gasteiger partial charge is 0.505 e. The summed E-state index contributed by atoms with van der Waals surface area (Å²) in [6.45, 7) is 1.73. The van der Waals surface area contributed by atoms with Crippen LogP contribution < -0.4 is 4.90 Å². The molecule has 206 valence electrons. The molecule has 5 aromatic rings. The van der Waals surface area contributed by atoms with Gasteiger partial charge < -0.3 is 5.11 Å². The summed E-state index contributed by atoms with van der Waals surface area (Å²) in [4.78, 5) is 32.9. The van der Waals surface area contributed by atoms with Crippen LogP contribution in [0.5, 0.6) is 0 Å². The van der Waals surface area contributed by atoms with Crippen molar-refractivity contribution in [3.8, 4) is 0 Å². The predicted octanol–water partition coefficient (Wildman–Crippen LogP) is 7.37. The molecule has 1 aliphatic rings. The molecule has 0 spiro atoms. The molecule has 1 atom stereocenters. The van der Waals surface area contributed by atoms with Crippen LogP contribution in [0.3, 0.4) is 0 Å². The van der Waals surface area contributed by atoms with Crippen LogP contribution in [0.2, 0.25) is 15.1 Å². The molecule has 8 nitrogen and oxygen atoms in total. The van der Waals surface area contributed by atoms with E-state index < -0.39 is 17.7 Å². The number of hydrogen-bond acceptors (Lipinski definition) is 8. The average Bonchev–Trinajstić information content (AvgIpc) is 3.62. The van der Waals surface area contributed by atoms with Gasteiger partial charge in [0.1, 0.15) is 11.3 Å². The van der Waals surface area contributed by atoms with Crippen LogP contribution in [0, 0.1) is 6.92 Å². The summed E-state index contributed by atoms with van der Waals surface area (Å²) in [5.41, 5.74) is 2.77. The molecule has 1 saturated heterocycles. The van der Waals surface area contributed by atoms with E-state index >= 15 is 0 Å². The maximum atomic E-state index is 13.6. The highest BCUT2D eigenvalue weighted by molar-refractivity contribution is 8.00. The van der Waals surface area contributed by atoms with Crippen molar-refractivity contribution in [1.82, 2.24) is 19.6 Å². The van der Waals surface area contributed by atoms with Crippen LogP contribution in [-0.2, 0) is 15.3 Å². The van der Waals surface area contributed by atoms with Gasteiger partial charge in [-0.25, -0.2) is 4.98 Å². The number of carbonyl (C=O) groups is 2. The number of carbonyl (C=O) groups excluding carboxylic acids is 2. The quantitative estimate of drug-likeness (QED) is 0.0678. The zero-order valence-electron chi connectivity index (χ0n) is 21.1. The molecule has 1 unspecified atom stereocenters. The minimum absolute atomic E-state index is 0.0802. The second-order valence-electron chi connectivity index (χ2n) is 9.07. The molecule has 2 aromatic carbocycles. The van der Waals surface area contributed by atoms with Gasteiger partial charge in [-0.1, -0.05) is 82.2 Å². The number of amides is 1. The number of nitrogens with zero attached hydrogens (tertiary/aromatic N) is 5. The highest BCUT2D eigenvalue weighted by Crippen LogP contribution is 2.44. The number of thioether (sulfide) groups is 1.